The van der Waals surface area contributed by atoms with Crippen molar-refractivity contribution in [2.75, 3.05) is 33.0 Å². The summed E-state index contributed by atoms with van der Waals surface area (Å²) in [7, 11) is 0. The Bertz CT molecular complexity index is 1420. The first-order valence-electron chi connectivity index (χ1n) is 16.0. The molecule has 0 spiro atoms. The standard InChI is InChI=1S/C39H48O7/c1-6-30-22-32(31-12-8-7-9-13-31)16-17-36(30)35-23-33(14-10-19-45-38(42)27(2)3)37(44-21-18-29(25-40)26-41)34(24-35)15-11-20-46-39(43)28(4)5/h7-9,12-13,16-17,22-24,29,40-41H,2,4,6,10-11,14-15,18-21,25-26H2,1,3,5H3. The highest BCUT2D eigenvalue weighted by Crippen LogP contribution is 2.36. The highest BCUT2D eigenvalue weighted by Gasteiger charge is 2.18. The van der Waals surface area contributed by atoms with Crippen LogP contribution in [0, 0.1) is 5.92 Å². The van der Waals surface area contributed by atoms with Gasteiger partial charge in [0.05, 0.1) is 19.8 Å². The second kappa shape index (κ2) is 18.7. The lowest BCUT2D eigenvalue weighted by molar-refractivity contribution is -0.139. The summed E-state index contributed by atoms with van der Waals surface area (Å²) >= 11 is 0. The van der Waals surface area contributed by atoms with Gasteiger partial charge in [-0.1, -0.05) is 68.6 Å². The molecular weight excluding hydrogens is 580 g/mol. The number of esters is 2. The van der Waals surface area contributed by atoms with Crippen molar-refractivity contribution >= 4 is 11.9 Å². The van der Waals surface area contributed by atoms with Gasteiger partial charge in [-0.25, -0.2) is 9.59 Å². The maximum atomic E-state index is 12.0. The van der Waals surface area contributed by atoms with Crippen molar-refractivity contribution in [3.8, 4) is 28.0 Å². The first kappa shape index (κ1) is 36.3. The molecule has 0 aliphatic rings. The van der Waals surface area contributed by atoms with E-state index < -0.39 is 11.9 Å². The Morgan fingerprint density at radius 2 is 1.26 bits per heavy atom. The van der Waals surface area contributed by atoms with E-state index in [9.17, 15) is 19.8 Å². The second-order valence-corrected chi connectivity index (χ2v) is 11.6. The van der Waals surface area contributed by atoms with Gasteiger partial charge in [-0.3, -0.25) is 0 Å². The molecule has 0 saturated carbocycles. The number of hydrogen-bond acceptors (Lipinski definition) is 7. The molecule has 3 aromatic carbocycles. The van der Waals surface area contributed by atoms with E-state index >= 15 is 0 Å². The fourth-order valence-corrected chi connectivity index (χ4v) is 5.11. The number of carbonyl (C=O) groups is 2. The van der Waals surface area contributed by atoms with Gasteiger partial charge in [-0.2, -0.15) is 0 Å². The summed E-state index contributed by atoms with van der Waals surface area (Å²) in [5, 5.41) is 19.2. The molecule has 0 atom stereocenters. The van der Waals surface area contributed by atoms with Gasteiger partial charge in [-0.15, -0.1) is 0 Å². The summed E-state index contributed by atoms with van der Waals surface area (Å²) in [5.41, 5.74) is 8.35. The second-order valence-electron chi connectivity index (χ2n) is 11.6. The predicted molar refractivity (Wildman–Crippen MR) is 183 cm³/mol. The molecule has 3 aromatic rings. The molecule has 0 aliphatic heterocycles. The van der Waals surface area contributed by atoms with Gasteiger partial charge in [0.2, 0.25) is 0 Å². The molecule has 246 valence electrons. The lowest BCUT2D eigenvalue weighted by Gasteiger charge is -2.21. The zero-order chi connectivity index (χ0) is 33.5. The van der Waals surface area contributed by atoms with Crippen molar-refractivity contribution in [1.29, 1.82) is 0 Å². The molecule has 0 radical (unpaired) electrons. The Kier molecular flexibility index (Phi) is 14.7. The van der Waals surface area contributed by atoms with E-state index in [1.165, 1.54) is 5.56 Å². The van der Waals surface area contributed by atoms with Gasteiger partial charge < -0.3 is 24.4 Å². The van der Waals surface area contributed by atoms with Crippen LogP contribution in [0.4, 0.5) is 0 Å². The molecule has 0 fully saturated rings. The summed E-state index contributed by atoms with van der Waals surface area (Å²) < 4.78 is 17.1. The molecule has 3 rings (SSSR count). The van der Waals surface area contributed by atoms with Gasteiger partial charge in [0, 0.05) is 30.3 Å². The maximum Gasteiger partial charge on any atom is 0.333 e. The minimum atomic E-state index is -0.416. The molecule has 0 heterocycles. The van der Waals surface area contributed by atoms with Gasteiger partial charge in [-0.05, 0) is 103 Å². The first-order chi connectivity index (χ1) is 22.2. The third-order valence-corrected chi connectivity index (χ3v) is 7.78. The van der Waals surface area contributed by atoms with Crippen molar-refractivity contribution in [2.45, 2.75) is 59.3 Å². The minimum absolute atomic E-state index is 0.126. The summed E-state index contributed by atoms with van der Waals surface area (Å²) in [6, 6.07) is 21.1. The Morgan fingerprint density at radius 3 is 1.76 bits per heavy atom. The van der Waals surface area contributed by atoms with E-state index in [1.807, 2.05) is 18.2 Å². The van der Waals surface area contributed by atoms with Crippen molar-refractivity contribution in [2.24, 2.45) is 5.92 Å². The number of aryl methyl sites for hydroxylation is 3. The average Bonchev–Trinajstić information content (AvgIpc) is 3.07. The van der Waals surface area contributed by atoms with Gasteiger partial charge >= 0.3 is 11.9 Å². The van der Waals surface area contributed by atoms with E-state index in [1.54, 1.807) is 13.8 Å². The summed E-state index contributed by atoms with van der Waals surface area (Å²) in [6.07, 6.45) is 3.68. The molecule has 2 N–H and O–H groups in total. The zero-order valence-corrected chi connectivity index (χ0v) is 27.5. The van der Waals surface area contributed by atoms with Gasteiger partial charge in [0.25, 0.3) is 0 Å². The van der Waals surface area contributed by atoms with E-state index in [2.05, 4.69) is 62.5 Å². The molecule has 7 nitrogen and oxygen atoms in total. The number of carbonyl (C=O) groups excluding carboxylic acids is 2. The van der Waals surface area contributed by atoms with Crippen LogP contribution in [0.5, 0.6) is 5.75 Å². The Morgan fingerprint density at radius 1 is 0.717 bits per heavy atom. The van der Waals surface area contributed by atoms with Crippen molar-refractivity contribution in [3.63, 3.8) is 0 Å². The van der Waals surface area contributed by atoms with E-state index in [0.29, 0.717) is 49.9 Å². The van der Waals surface area contributed by atoms with Crippen LogP contribution in [-0.2, 0) is 38.3 Å². The molecule has 0 saturated heterocycles. The molecular formula is C39H48O7. The van der Waals surface area contributed by atoms with Crippen molar-refractivity contribution in [3.05, 3.63) is 102 Å². The minimum Gasteiger partial charge on any atom is -0.493 e. The number of hydrogen-bond donors (Lipinski definition) is 2. The van der Waals surface area contributed by atoms with Crippen LogP contribution in [-0.4, -0.2) is 55.2 Å². The Balaban J connectivity index is 2.02. The number of benzene rings is 3. The lowest BCUT2D eigenvalue weighted by atomic mass is 9.90. The topological polar surface area (TPSA) is 102 Å². The third-order valence-electron chi connectivity index (χ3n) is 7.78. The molecule has 7 heteroatoms. The summed E-state index contributed by atoms with van der Waals surface area (Å²) in [4.78, 5) is 24.0. The molecule has 46 heavy (non-hydrogen) atoms. The number of rotatable bonds is 19. The molecule has 0 unspecified atom stereocenters. The van der Waals surface area contributed by atoms with E-state index in [4.69, 9.17) is 14.2 Å². The smallest absolute Gasteiger partial charge is 0.333 e. The van der Waals surface area contributed by atoms with Crippen LogP contribution in [0.3, 0.4) is 0 Å². The van der Waals surface area contributed by atoms with Gasteiger partial charge in [0.1, 0.15) is 5.75 Å². The van der Waals surface area contributed by atoms with E-state index in [0.717, 1.165) is 45.6 Å². The molecule has 0 amide bonds. The summed E-state index contributed by atoms with van der Waals surface area (Å²) in [6.45, 7) is 13.3. The predicted octanol–water partition coefficient (Wildman–Crippen LogP) is 7.06. The number of aliphatic hydroxyl groups is 2. The number of aliphatic hydroxyl groups excluding tert-OH is 2. The molecule has 0 aliphatic carbocycles. The fraction of sp³-hybridized carbons (Fsp3) is 0.385. The highest BCUT2D eigenvalue weighted by atomic mass is 16.5. The molecule has 0 aromatic heterocycles. The fourth-order valence-electron chi connectivity index (χ4n) is 5.11. The van der Waals surface area contributed by atoms with Crippen molar-refractivity contribution < 1.29 is 34.0 Å². The normalized spacial score (nSPS) is 10.9. The number of ether oxygens (including phenoxy) is 3. The summed E-state index contributed by atoms with van der Waals surface area (Å²) in [5.74, 6) is -0.375. The maximum absolute atomic E-state index is 12.0. The van der Waals surface area contributed by atoms with Crippen LogP contribution >= 0.6 is 0 Å². The highest BCUT2D eigenvalue weighted by molar-refractivity contribution is 5.87. The average molecular weight is 629 g/mol. The van der Waals surface area contributed by atoms with Crippen LogP contribution in [0.15, 0.2) is 85.0 Å². The molecule has 0 bridgehead atoms. The third kappa shape index (κ3) is 10.7. The van der Waals surface area contributed by atoms with Crippen LogP contribution < -0.4 is 4.74 Å². The Labute approximate surface area is 273 Å². The SMILES string of the molecule is C=C(C)C(=O)OCCCc1cc(-c2ccc(-c3ccccc3)cc2CC)cc(CCCOC(=O)C(=C)C)c1OCCC(CO)CO. The first-order valence-corrected chi connectivity index (χ1v) is 16.0. The quantitative estimate of drug-likeness (QED) is 0.0833. The lowest BCUT2D eigenvalue weighted by Crippen LogP contribution is -2.16. The Hall–Kier alpha value is -4.20. The van der Waals surface area contributed by atoms with Crippen LogP contribution in [0.2, 0.25) is 0 Å². The van der Waals surface area contributed by atoms with Crippen LogP contribution in [0.1, 0.15) is 56.7 Å². The largest absolute Gasteiger partial charge is 0.493 e. The monoisotopic (exact) mass is 628 g/mol. The van der Waals surface area contributed by atoms with Gasteiger partial charge in [0.15, 0.2) is 0 Å². The van der Waals surface area contributed by atoms with Crippen molar-refractivity contribution in [1.82, 2.24) is 0 Å². The zero-order valence-electron chi connectivity index (χ0n) is 27.5. The van der Waals surface area contributed by atoms with E-state index in [-0.39, 0.29) is 32.3 Å². The van der Waals surface area contributed by atoms with Crippen LogP contribution in [0.25, 0.3) is 22.3 Å².